The molecular formula is C22H25FN4O2. The quantitative estimate of drug-likeness (QED) is 0.604. The average molecular weight is 396 g/mol. The van der Waals surface area contributed by atoms with E-state index in [1.165, 1.54) is 12.1 Å². The Bertz CT molecular complexity index is 952. The highest BCUT2D eigenvalue weighted by Gasteiger charge is 2.14. The van der Waals surface area contributed by atoms with Crippen LogP contribution >= 0.6 is 0 Å². The van der Waals surface area contributed by atoms with Crippen LogP contribution in [-0.2, 0) is 4.79 Å². The SMILES string of the molecule is CCC(NCC(=O)Nc1cc(C)nn1-c1ccc(F)cc1)c1ccc(OC)cc1. The van der Waals surface area contributed by atoms with Crippen LogP contribution in [0.4, 0.5) is 10.2 Å². The molecule has 0 aliphatic rings. The Morgan fingerprint density at radius 3 is 2.48 bits per heavy atom. The maximum absolute atomic E-state index is 13.2. The number of anilines is 1. The lowest BCUT2D eigenvalue weighted by molar-refractivity contribution is -0.115. The number of hydrogen-bond donors (Lipinski definition) is 2. The minimum atomic E-state index is -0.323. The number of methoxy groups -OCH3 is 1. The summed E-state index contributed by atoms with van der Waals surface area (Å²) >= 11 is 0. The molecule has 0 bridgehead atoms. The molecule has 0 spiro atoms. The van der Waals surface area contributed by atoms with Gasteiger partial charge in [0.15, 0.2) is 0 Å². The van der Waals surface area contributed by atoms with Crippen LogP contribution < -0.4 is 15.4 Å². The molecule has 0 aliphatic carbocycles. The predicted octanol–water partition coefficient (Wildman–Crippen LogP) is 4.01. The molecule has 1 unspecified atom stereocenters. The number of benzene rings is 2. The first-order valence-electron chi connectivity index (χ1n) is 9.50. The summed E-state index contributed by atoms with van der Waals surface area (Å²) in [6.07, 6.45) is 0.840. The number of amides is 1. The van der Waals surface area contributed by atoms with Gasteiger partial charge in [0, 0.05) is 12.1 Å². The zero-order valence-electron chi connectivity index (χ0n) is 16.8. The molecule has 1 aromatic heterocycles. The van der Waals surface area contributed by atoms with E-state index in [2.05, 4.69) is 22.7 Å². The van der Waals surface area contributed by atoms with Crippen LogP contribution in [0.3, 0.4) is 0 Å². The number of nitrogens with one attached hydrogen (secondary N) is 2. The fourth-order valence-corrected chi connectivity index (χ4v) is 3.10. The van der Waals surface area contributed by atoms with Gasteiger partial charge in [0.1, 0.15) is 17.4 Å². The van der Waals surface area contributed by atoms with Crippen LogP contribution in [0, 0.1) is 12.7 Å². The van der Waals surface area contributed by atoms with Crippen LogP contribution in [0.15, 0.2) is 54.6 Å². The first kappa shape index (κ1) is 20.5. The lowest BCUT2D eigenvalue weighted by atomic mass is 10.0. The fourth-order valence-electron chi connectivity index (χ4n) is 3.10. The second-order valence-electron chi connectivity index (χ2n) is 6.72. The average Bonchev–Trinajstić information content (AvgIpc) is 3.09. The van der Waals surface area contributed by atoms with Gasteiger partial charge in [-0.05, 0) is 55.3 Å². The van der Waals surface area contributed by atoms with Gasteiger partial charge in [0.05, 0.1) is 25.0 Å². The molecule has 0 fully saturated rings. The van der Waals surface area contributed by atoms with Crippen molar-refractivity contribution in [3.8, 4) is 11.4 Å². The van der Waals surface area contributed by atoms with Gasteiger partial charge in [0.25, 0.3) is 0 Å². The van der Waals surface area contributed by atoms with Gasteiger partial charge in [-0.2, -0.15) is 5.10 Å². The van der Waals surface area contributed by atoms with Crippen LogP contribution in [0.1, 0.15) is 30.6 Å². The molecule has 3 rings (SSSR count). The topological polar surface area (TPSA) is 68.2 Å². The van der Waals surface area contributed by atoms with Crippen molar-refractivity contribution < 1.29 is 13.9 Å². The second-order valence-corrected chi connectivity index (χ2v) is 6.72. The van der Waals surface area contributed by atoms with Crippen LogP contribution in [0.2, 0.25) is 0 Å². The lowest BCUT2D eigenvalue weighted by Gasteiger charge is -2.18. The predicted molar refractivity (Wildman–Crippen MR) is 111 cm³/mol. The number of carbonyl (C=O) groups is 1. The number of aromatic nitrogens is 2. The molecule has 2 N–H and O–H groups in total. The molecule has 1 amide bonds. The van der Waals surface area contributed by atoms with Gasteiger partial charge in [0.2, 0.25) is 5.91 Å². The van der Waals surface area contributed by atoms with Crippen molar-refractivity contribution in [3.63, 3.8) is 0 Å². The smallest absolute Gasteiger partial charge is 0.239 e. The van der Waals surface area contributed by atoms with Crippen molar-refractivity contribution >= 4 is 11.7 Å². The number of nitrogens with zero attached hydrogens (tertiary/aromatic N) is 2. The molecule has 1 atom stereocenters. The highest BCUT2D eigenvalue weighted by atomic mass is 19.1. The van der Waals surface area contributed by atoms with Gasteiger partial charge < -0.3 is 15.4 Å². The number of ether oxygens (including phenoxy) is 1. The van der Waals surface area contributed by atoms with Gasteiger partial charge in [-0.25, -0.2) is 9.07 Å². The number of halogens is 1. The van der Waals surface area contributed by atoms with Crippen LogP contribution in [-0.4, -0.2) is 29.3 Å². The van der Waals surface area contributed by atoms with E-state index >= 15 is 0 Å². The van der Waals surface area contributed by atoms with Crippen molar-refractivity contribution in [3.05, 3.63) is 71.7 Å². The van der Waals surface area contributed by atoms with Crippen molar-refractivity contribution in [2.75, 3.05) is 19.0 Å². The largest absolute Gasteiger partial charge is 0.497 e. The third-order valence-corrected chi connectivity index (χ3v) is 4.61. The number of carbonyl (C=O) groups excluding carboxylic acids is 1. The van der Waals surface area contributed by atoms with Gasteiger partial charge in [-0.15, -0.1) is 0 Å². The highest BCUT2D eigenvalue weighted by molar-refractivity contribution is 5.91. The molecular weight excluding hydrogens is 371 g/mol. The van der Waals surface area contributed by atoms with E-state index in [-0.39, 0.29) is 24.3 Å². The summed E-state index contributed by atoms with van der Waals surface area (Å²) < 4.78 is 20.0. The third kappa shape index (κ3) is 5.20. The minimum absolute atomic E-state index is 0.0513. The molecule has 7 heteroatoms. The third-order valence-electron chi connectivity index (χ3n) is 4.61. The number of hydrogen-bond acceptors (Lipinski definition) is 4. The zero-order chi connectivity index (χ0) is 20.8. The second kappa shape index (κ2) is 9.34. The Morgan fingerprint density at radius 1 is 1.17 bits per heavy atom. The number of aryl methyl sites for hydroxylation is 1. The molecule has 29 heavy (non-hydrogen) atoms. The highest BCUT2D eigenvalue weighted by Crippen LogP contribution is 2.20. The van der Waals surface area contributed by atoms with Crippen molar-refractivity contribution in [1.82, 2.24) is 15.1 Å². The summed E-state index contributed by atoms with van der Waals surface area (Å²) in [5.41, 5.74) is 2.52. The zero-order valence-corrected chi connectivity index (χ0v) is 16.8. The summed E-state index contributed by atoms with van der Waals surface area (Å²) in [5, 5.41) is 10.5. The summed E-state index contributed by atoms with van der Waals surface area (Å²) in [5.74, 6) is 0.834. The van der Waals surface area contributed by atoms with Crippen LogP contribution in [0.5, 0.6) is 5.75 Å². The van der Waals surface area contributed by atoms with E-state index in [0.717, 1.165) is 23.4 Å². The minimum Gasteiger partial charge on any atom is -0.497 e. The molecule has 0 saturated carbocycles. The molecule has 152 valence electrons. The Hall–Kier alpha value is -3.19. The Labute approximate surface area is 169 Å². The first-order valence-corrected chi connectivity index (χ1v) is 9.50. The Morgan fingerprint density at radius 2 is 1.86 bits per heavy atom. The van der Waals surface area contributed by atoms with E-state index < -0.39 is 0 Å². The lowest BCUT2D eigenvalue weighted by Crippen LogP contribution is -2.31. The van der Waals surface area contributed by atoms with Gasteiger partial charge in [-0.3, -0.25) is 4.79 Å². The number of rotatable bonds is 8. The molecule has 2 aromatic carbocycles. The van der Waals surface area contributed by atoms with E-state index in [4.69, 9.17) is 4.74 Å². The monoisotopic (exact) mass is 396 g/mol. The van der Waals surface area contributed by atoms with Crippen molar-refractivity contribution in [1.29, 1.82) is 0 Å². The fraction of sp³-hybridized carbons (Fsp3) is 0.273. The molecule has 0 aliphatic heterocycles. The molecule has 0 radical (unpaired) electrons. The summed E-state index contributed by atoms with van der Waals surface area (Å²) in [6.45, 7) is 4.05. The maximum Gasteiger partial charge on any atom is 0.239 e. The van der Waals surface area contributed by atoms with Crippen molar-refractivity contribution in [2.24, 2.45) is 0 Å². The molecule has 3 aromatic rings. The summed E-state index contributed by atoms with van der Waals surface area (Å²) in [6, 6.07) is 15.6. The van der Waals surface area contributed by atoms with E-state index in [0.29, 0.717) is 11.5 Å². The van der Waals surface area contributed by atoms with E-state index in [1.54, 1.807) is 30.0 Å². The van der Waals surface area contributed by atoms with Crippen molar-refractivity contribution in [2.45, 2.75) is 26.3 Å². The van der Waals surface area contributed by atoms with E-state index in [1.807, 2.05) is 31.2 Å². The van der Waals surface area contributed by atoms with Crippen LogP contribution in [0.25, 0.3) is 5.69 Å². The summed E-state index contributed by atoms with van der Waals surface area (Å²) in [7, 11) is 1.63. The molecule has 6 nitrogen and oxygen atoms in total. The van der Waals surface area contributed by atoms with Gasteiger partial charge >= 0.3 is 0 Å². The Kier molecular flexibility index (Phi) is 6.61. The normalized spacial score (nSPS) is 11.9. The Balaban J connectivity index is 1.65. The molecule has 0 saturated heterocycles. The van der Waals surface area contributed by atoms with Gasteiger partial charge in [-0.1, -0.05) is 19.1 Å². The maximum atomic E-state index is 13.2. The van der Waals surface area contributed by atoms with E-state index in [9.17, 15) is 9.18 Å². The standard InChI is InChI=1S/C22H25FN4O2/c1-4-20(16-5-11-19(29-3)12-6-16)24-14-22(28)25-21-13-15(2)26-27(21)18-9-7-17(23)8-10-18/h5-13,20,24H,4,14H2,1-3H3,(H,25,28). The molecule has 1 heterocycles. The first-order chi connectivity index (χ1) is 14.0. The summed E-state index contributed by atoms with van der Waals surface area (Å²) in [4.78, 5) is 12.5.